The molecule has 0 aliphatic carbocycles. The van der Waals surface area contributed by atoms with E-state index in [-0.39, 0.29) is 5.92 Å². The van der Waals surface area contributed by atoms with Crippen molar-refractivity contribution >= 4 is 21.9 Å². The van der Waals surface area contributed by atoms with Crippen LogP contribution in [0.3, 0.4) is 0 Å². The van der Waals surface area contributed by atoms with E-state index in [1.54, 1.807) is 0 Å². The Balaban J connectivity index is 2.36. The van der Waals surface area contributed by atoms with Gasteiger partial charge in [-0.25, -0.2) is 0 Å². The molecule has 0 aromatic heterocycles. The Morgan fingerprint density at radius 2 is 1.89 bits per heavy atom. The van der Waals surface area contributed by atoms with Gasteiger partial charge in [-0.2, -0.15) is 0 Å². The van der Waals surface area contributed by atoms with E-state index in [9.17, 15) is 9.90 Å². The van der Waals surface area contributed by atoms with Gasteiger partial charge in [-0.1, -0.05) is 28.1 Å². The molecule has 1 atom stereocenters. The average Bonchev–Trinajstić information content (AvgIpc) is 2.39. The lowest BCUT2D eigenvalue weighted by molar-refractivity contribution is -0.146. The van der Waals surface area contributed by atoms with Gasteiger partial charge in [0.15, 0.2) is 0 Å². The Bertz CT molecular complexity index is 426. The lowest BCUT2D eigenvalue weighted by Gasteiger charge is -2.37. The number of hydrogen-bond acceptors (Lipinski definition) is 2. The van der Waals surface area contributed by atoms with Crippen molar-refractivity contribution in [3.8, 4) is 0 Å². The minimum Gasteiger partial charge on any atom is -0.481 e. The molecule has 1 aromatic rings. The van der Waals surface area contributed by atoms with Crippen LogP contribution in [-0.4, -0.2) is 24.2 Å². The first-order valence-corrected chi connectivity index (χ1v) is 7.04. The third-order valence-electron chi connectivity index (χ3n) is 4.04. The van der Waals surface area contributed by atoms with Crippen LogP contribution in [0.1, 0.15) is 25.3 Å². The van der Waals surface area contributed by atoms with Crippen molar-refractivity contribution in [2.45, 2.75) is 25.2 Å². The van der Waals surface area contributed by atoms with E-state index >= 15 is 0 Å². The van der Waals surface area contributed by atoms with Crippen molar-refractivity contribution in [3.05, 3.63) is 34.3 Å². The molecule has 0 saturated carbocycles. The van der Waals surface area contributed by atoms with Crippen molar-refractivity contribution in [1.82, 2.24) is 5.32 Å². The first-order chi connectivity index (χ1) is 8.55. The fraction of sp³-hybridized carbons (Fsp3) is 0.500. The maximum Gasteiger partial charge on any atom is 0.314 e. The molecule has 0 spiro atoms. The molecule has 4 heteroatoms. The number of carbonyl (C=O) groups is 1. The molecule has 2 rings (SSSR count). The smallest absolute Gasteiger partial charge is 0.314 e. The zero-order valence-corrected chi connectivity index (χ0v) is 12.0. The van der Waals surface area contributed by atoms with Gasteiger partial charge in [-0.05, 0) is 56.5 Å². The largest absolute Gasteiger partial charge is 0.481 e. The van der Waals surface area contributed by atoms with Gasteiger partial charge in [0.2, 0.25) is 0 Å². The van der Waals surface area contributed by atoms with Gasteiger partial charge in [-0.3, -0.25) is 4.79 Å². The van der Waals surface area contributed by atoms with E-state index in [1.807, 2.05) is 31.2 Å². The normalized spacial score (nSPS) is 20.3. The molecule has 0 radical (unpaired) electrons. The van der Waals surface area contributed by atoms with E-state index in [2.05, 4.69) is 21.2 Å². The maximum absolute atomic E-state index is 11.8. The van der Waals surface area contributed by atoms with E-state index in [0.717, 1.165) is 36.0 Å². The second kappa shape index (κ2) is 5.41. The minimum absolute atomic E-state index is 0.192. The number of hydrogen-bond donors (Lipinski definition) is 2. The minimum atomic E-state index is -0.789. The van der Waals surface area contributed by atoms with E-state index in [1.165, 1.54) is 0 Å². The predicted molar refractivity (Wildman–Crippen MR) is 74.7 cm³/mol. The van der Waals surface area contributed by atoms with Gasteiger partial charge in [0, 0.05) is 4.47 Å². The van der Waals surface area contributed by atoms with E-state index in [0.29, 0.717) is 0 Å². The number of benzene rings is 1. The second-order valence-electron chi connectivity index (χ2n) is 5.04. The molecule has 1 saturated heterocycles. The molecule has 1 fully saturated rings. The second-order valence-corrected chi connectivity index (χ2v) is 5.95. The van der Waals surface area contributed by atoms with Gasteiger partial charge in [0.25, 0.3) is 0 Å². The molecule has 18 heavy (non-hydrogen) atoms. The van der Waals surface area contributed by atoms with Gasteiger partial charge >= 0.3 is 5.97 Å². The number of halogens is 1. The highest BCUT2D eigenvalue weighted by Gasteiger charge is 2.43. The van der Waals surface area contributed by atoms with E-state index < -0.39 is 11.4 Å². The Hall–Kier alpha value is -0.870. The topological polar surface area (TPSA) is 49.3 Å². The van der Waals surface area contributed by atoms with Crippen LogP contribution in [0.15, 0.2) is 28.7 Å². The molecule has 1 aliphatic rings. The first kappa shape index (κ1) is 13.6. The highest BCUT2D eigenvalue weighted by atomic mass is 79.9. The van der Waals surface area contributed by atoms with Crippen molar-refractivity contribution in [1.29, 1.82) is 0 Å². The molecule has 1 unspecified atom stereocenters. The third-order valence-corrected chi connectivity index (χ3v) is 4.57. The summed E-state index contributed by atoms with van der Waals surface area (Å²) in [4.78, 5) is 11.8. The van der Waals surface area contributed by atoms with Gasteiger partial charge in [0.05, 0.1) is 5.41 Å². The lowest BCUT2D eigenvalue weighted by atomic mass is 9.68. The molecular weight excluding hydrogens is 294 g/mol. The van der Waals surface area contributed by atoms with Crippen LogP contribution in [0.5, 0.6) is 0 Å². The molecule has 1 aliphatic heterocycles. The molecule has 1 aromatic carbocycles. The summed E-state index contributed by atoms with van der Waals surface area (Å²) >= 11 is 3.39. The quantitative estimate of drug-likeness (QED) is 0.902. The average molecular weight is 312 g/mol. The number of carboxylic acids is 1. The highest BCUT2D eigenvalue weighted by Crippen LogP contribution is 2.38. The van der Waals surface area contributed by atoms with Crippen molar-refractivity contribution < 1.29 is 9.90 Å². The molecule has 0 amide bonds. The summed E-state index contributed by atoms with van der Waals surface area (Å²) in [6.07, 6.45) is 1.83. The summed E-state index contributed by atoms with van der Waals surface area (Å²) in [5.74, 6) is -0.533. The standard InChI is InChI=1S/C14H18BrNO2/c1-14(13(17)18,11-6-8-16-9-7-11)10-2-4-12(15)5-3-10/h2-5,11,16H,6-9H2,1H3,(H,17,18). The van der Waals surface area contributed by atoms with Gasteiger partial charge in [-0.15, -0.1) is 0 Å². The fourth-order valence-corrected chi connectivity index (χ4v) is 2.99. The third kappa shape index (κ3) is 2.45. The molecule has 3 nitrogen and oxygen atoms in total. The Morgan fingerprint density at radius 3 is 2.39 bits per heavy atom. The summed E-state index contributed by atoms with van der Waals surface area (Å²) in [6, 6.07) is 7.66. The van der Waals surface area contributed by atoms with Gasteiger partial charge in [0.1, 0.15) is 0 Å². The molecule has 2 N–H and O–H groups in total. The Morgan fingerprint density at radius 1 is 1.33 bits per heavy atom. The first-order valence-electron chi connectivity index (χ1n) is 6.25. The lowest BCUT2D eigenvalue weighted by Crippen LogP contribution is -2.45. The summed E-state index contributed by atoms with van der Waals surface area (Å²) in [7, 11) is 0. The number of aliphatic carboxylic acids is 1. The van der Waals surface area contributed by atoms with Crippen LogP contribution >= 0.6 is 15.9 Å². The number of carboxylic acid groups (broad SMARTS) is 1. The summed E-state index contributed by atoms with van der Waals surface area (Å²) < 4.78 is 0.976. The zero-order valence-electron chi connectivity index (χ0n) is 10.4. The van der Waals surface area contributed by atoms with Crippen LogP contribution in [0, 0.1) is 5.92 Å². The van der Waals surface area contributed by atoms with Crippen LogP contribution in [-0.2, 0) is 10.2 Å². The number of rotatable bonds is 3. The van der Waals surface area contributed by atoms with Crippen LogP contribution < -0.4 is 5.32 Å². The predicted octanol–water partition coefficient (Wildman–Crippen LogP) is 2.79. The highest BCUT2D eigenvalue weighted by molar-refractivity contribution is 9.10. The number of nitrogens with one attached hydrogen (secondary N) is 1. The monoisotopic (exact) mass is 311 g/mol. The number of piperidine rings is 1. The van der Waals surface area contributed by atoms with Crippen LogP contribution in [0.2, 0.25) is 0 Å². The van der Waals surface area contributed by atoms with Crippen LogP contribution in [0.4, 0.5) is 0 Å². The van der Waals surface area contributed by atoms with Crippen molar-refractivity contribution in [2.24, 2.45) is 5.92 Å². The van der Waals surface area contributed by atoms with Crippen molar-refractivity contribution in [2.75, 3.05) is 13.1 Å². The molecule has 98 valence electrons. The maximum atomic E-state index is 11.8. The van der Waals surface area contributed by atoms with E-state index in [4.69, 9.17) is 0 Å². The SMILES string of the molecule is CC(C(=O)O)(c1ccc(Br)cc1)C1CCNCC1. The summed E-state index contributed by atoms with van der Waals surface area (Å²) in [6.45, 7) is 3.67. The Kier molecular flexibility index (Phi) is 4.07. The van der Waals surface area contributed by atoms with Gasteiger partial charge < -0.3 is 10.4 Å². The van der Waals surface area contributed by atoms with Crippen molar-refractivity contribution in [3.63, 3.8) is 0 Å². The van der Waals surface area contributed by atoms with Crippen LogP contribution in [0.25, 0.3) is 0 Å². The Labute approximate surface area is 116 Å². The molecular formula is C14H18BrNO2. The summed E-state index contributed by atoms with van der Waals surface area (Å²) in [5.41, 5.74) is 0.105. The summed E-state index contributed by atoms with van der Waals surface area (Å²) in [5, 5.41) is 13.0. The fourth-order valence-electron chi connectivity index (χ4n) is 2.73. The molecule has 1 heterocycles. The zero-order chi connectivity index (χ0) is 13.2. The molecule has 0 bridgehead atoms.